The van der Waals surface area contributed by atoms with Crippen molar-refractivity contribution in [2.45, 2.75) is 26.3 Å². The van der Waals surface area contributed by atoms with Crippen molar-refractivity contribution in [1.82, 2.24) is 4.90 Å². The third kappa shape index (κ3) is 2.16. The fraction of sp³-hybridized carbons (Fsp3) is 0.368. The summed E-state index contributed by atoms with van der Waals surface area (Å²) in [4.78, 5) is 2.65. The molecule has 3 rings (SSSR count). The zero-order chi connectivity index (χ0) is 14.1. The van der Waals surface area contributed by atoms with Crippen LogP contribution in [0.15, 0.2) is 60.2 Å². The average Bonchev–Trinajstić information content (AvgIpc) is 2.46. The Morgan fingerprint density at radius 3 is 2.90 bits per heavy atom. The van der Waals surface area contributed by atoms with E-state index in [0.29, 0.717) is 12.0 Å². The van der Waals surface area contributed by atoms with Crippen molar-refractivity contribution in [2.75, 3.05) is 13.1 Å². The summed E-state index contributed by atoms with van der Waals surface area (Å²) in [5.74, 6) is 0.543. The molecule has 2 atom stereocenters. The number of benzene rings is 1. The van der Waals surface area contributed by atoms with Crippen LogP contribution in [0.1, 0.15) is 31.0 Å². The maximum absolute atomic E-state index is 3.79. The first-order valence-electron chi connectivity index (χ1n) is 7.53. The van der Waals surface area contributed by atoms with Crippen LogP contribution in [0.2, 0.25) is 0 Å². The van der Waals surface area contributed by atoms with Crippen LogP contribution >= 0.6 is 0 Å². The molecule has 2 aliphatic rings. The summed E-state index contributed by atoms with van der Waals surface area (Å²) in [6.07, 6.45) is 7.37. The van der Waals surface area contributed by atoms with Gasteiger partial charge >= 0.3 is 0 Å². The van der Waals surface area contributed by atoms with E-state index < -0.39 is 0 Å². The predicted molar refractivity (Wildman–Crippen MR) is 85.7 cm³/mol. The van der Waals surface area contributed by atoms with Crippen LogP contribution in [0.3, 0.4) is 0 Å². The second-order valence-electron chi connectivity index (χ2n) is 5.98. The van der Waals surface area contributed by atoms with Gasteiger partial charge in [0.25, 0.3) is 0 Å². The molecule has 1 aromatic carbocycles. The molecule has 1 nitrogen and oxygen atoms in total. The highest BCUT2D eigenvalue weighted by Gasteiger charge is 2.36. The van der Waals surface area contributed by atoms with Crippen LogP contribution in [0.4, 0.5) is 0 Å². The third-order valence-corrected chi connectivity index (χ3v) is 4.74. The Bertz CT molecular complexity index is 579. The van der Waals surface area contributed by atoms with Crippen LogP contribution in [-0.4, -0.2) is 18.0 Å². The lowest BCUT2D eigenvalue weighted by Gasteiger charge is -2.45. The Labute approximate surface area is 122 Å². The lowest BCUT2D eigenvalue weighted by molar-refractivity contribution is 0.150. The second-order valence-corrected chi connectivity index (χ2v) is 5.98. The maximum atomic E-state index is 3.79. The van der Waals surface area contributed by atoms with Gasteiger partial charge in [-0.15, -0.1) is 0 Å². The lowest BCUT2D eigenvalue weighted by Crippen LogP contribution is -2.43. The van der Waals surface area contributed by atoms with E-state index in [2.05, 4.69) is 61.7 Å². The van der Waals surface area contributed by atoms with Crippen molar-refractivity contribution in [3.05, 3.63) is 71.3 Å². The van der Waals surface area contributed by atoms with Gasteiger partial charge in [-0.25, -0.2) is 0 Å². The van der Waals surface area contributed by atoms with Crippen LogP contribution in [0.5, 0.6) is 0 Å². The lowest BCUT2D eigenvalue weighted by atomic mass is 9.77. The number of rotatable bonds is 2. The van der Waals surface area contributed by atoms with Gasteiger partial charge in [-0.3, -0.25) is 4.90 Å². The first-order chi connectivity index (χ1) is 9.72. The highest BCUT2D eigenvalue weighted by molar-refractivity contribution is 5.40. The number of nitrogens with zero attached hydrogens (tertiary/aromatic N) is 1. The highest BCUT2D eigenvalue weighted by atomic mass is 15.2. The quantitative estimate of drug-likeness (QED) is 0.721. The maximum Gasteiger partial charge on any atom is 0.0420 e. The first kappa shape index (κ1) is 13.4. The summed E-state index contributed by atoms with van der Waals surface area (Å²) >= 11 is 0. The van der Waals surface area contributed by atoms with E-state index in [0.717, 1.165) is 6.54 Å². The van der Waals surface area contributed by atoms with Crippen LogP contribution < -0.4 is 0 Å². The minimum absolute atomic E-state index is 0.535. The Balaban J connectivity index is 2.03. The van der Waals surface area contributed by atoms with Crippen molar-refractivity contribution in [2.24, 2.45) is 5.92 Å². The molecule has 2 aliphatic heterocycles. The minimum Gasteiger partial charge on any atom is -0.291 e. The molecule has 0 bridgehead atoms. The molecule has 0 spiro atoms. The van der Waals surface area contributed by atoms with Crippen LogP contribution in [-0.2, 0) is 6.42 Å². The van der Waals surface area contributed by atoms with E-state index in [9.17, 15) is 0 Å². The molecule has 0 saturated heterocycles. The van der Waals surface area contributed by atoms with Gasteiger partial charge in [0.1, 0.15) is 0 Å². The topological polar surface area (TPSA) is 3.24 Å². The van der Waals surface area contributed by atoms with Gasteiger partial charge in [-0.2, -0.15) is 0 Å². The number of hydrogen-bond donors (Lipinski definition) is 0. The van der Waals surface area contributed by atoms with Crippen molar-refractivity contribution in [3.8, 4) is 0 Å². The first-order valence-corrected chi connectivity index (χ1v) is 7.53. The van der Waals surface area contributed by atoms with E-state index >= 15 is 0 Å². The van der Waals surface area contributed by atoms with Gasteiger partial charge in [-0.1, -0.05) is 61.6 Å². The number of fused-ring (bicyclic) bond motifs is 3. The van der Waals surface area contributed by atoms with E-state index in [-0.39, 0.29) is 0 Å². The smallest absolute Gasteiger partial charge is 0.0420 e. The summed E-state index contributed by atoms with van der Waals surface area (Å²) < 4.78 is 0. The Morgan fingerprint density at radius 1 is 1.30 bits per heavy atom. The zero-order valence-corrected chi connectivity index (χ0v) is 12.5. The van der Waals surface area contributed by atoms with Crippen molar-refractivity contribution >= 4 is 0 Å². The summed E-state index contributed by atoms with van der Waals surface area (Å²) in [7, 11) is 0. The third-order valence-electron chi connectivity index (χ3n) is 4.74. The van der Waals surface area contributed by atoms with Crippen LogP contribution in [0.25, 0.3) is 0 Å². The molecular formula is C19H23N. The summed E-state index contributed by atoms with van der Waals surface area (Å²) in [5.41, 5.74) is 6.06. The van der Waals surface area contributed by atoms with Gasteiger partial charge in [0.15, 0.2) is 0 Å². The minimum atomic E-state index is 0.535. The largest absolute Gasteiger partial charge is 0.291 e. The van der Waals surface area contributed by atoms with Gasteiger partial charge < -0.3 is 0 Å². The molecule has 0 amide bonds. The fourth-order valence-electron chi connectivity index (χ4n) is 3.83. The van der Waals surface area contributed by atoms with Crippen LogP contribution in [0, 0.1) is 5.92 Å². The van der Waals surface area contributed by atoms with Gasteiger partial charge in [0.05, 0.1) is 0 Å². The molecule has 2 heterocycles. The van der Waals surface area contributed by atoms with Crippen molar-refractivity contribution < 1.29 is 0 Å². The Morgan fingerprint density at radius 2 is 2.10 bits per heavy atom. The molecule has 0 aromatic heterocycles. The van der Waals surface area contributed by atoms with E-state index in [1.807, 2.05) is 6.08 Å². The average molecular weight is 265 g/mol. The van der Waals surface area contributed by atoms with E-state index in [4.69, 9.17) is 0 Å². The molecule has 2 unspecified atom stereocenters. The second kappa shape index (κ2) is 5.41. The molecule has 0 N–H and O–H groups in total. The SMILES string of the molecule is C=C/C=C\C1=C(C)CN2CCc3ccccc3C2C1C. The Hall–Kier alpha value is -1.60. The number of allylic oxidation sites excluding steroid dienone is 3. The summed E-state index contributed by atoms with van der Waals surface area (Å²) in [6.45, 7) is 10.7. The molecule has 0 fully saturated rings. The Kier molecular flexibility index (Phi) is 3.62. The summed E-state index contributed by atoms with van der Waals surface area (Å²) in [6, 6.07) is 9.50. The van der Waals surface area contributed by atoms with Gasteiger partial charge in [0, 0.05) is 25.0 Å². The van der Waals surface area contributed by atoms with Crippen molar-refractivity contribution in [3.63, 3.8) is 0 Å². The molecule has 0 saturated carbocycles. The van der Waals surface area contributed by atoms with Crippen molar-refractivity contribution in [1.29, 1.82) is 0 Å². The summed E-state index contributed by atoms with van der Waals surface area (Å²) in [5, 5.41) is 0. The molecular weight excluding hydrogens is 242 g/mol. The molecule has 104 valence electrons. The predicted octanol–water partition coefficient (Wildman–Crippen LogP) is 4.29. The molecule has 1 heteroatoms. The number of hydrogen-bond acceptors (Lipinski definition) is 1. The van der Waals surface area contributed by atoms with Gasteiger partial charge in [0.2, 0.25) is 0 Å². The standard InChI is InChI=1S/C19H23N/c1-4-5-9-17-14(2)13-20-12-11-16-8-6-7-10-18(16)19(20)15(17)3/h4-10,15,19H,1,11-13H2,2-3H3/b9-5-. The zero-order valence-electron chi connectivity index (χ0n) is 12.5. The monoisotopic (exact) mass is 265 g/mol. The highest BCUT2D eigenvalue weighted by Crippen LogP contribution is 2.42. The van der Waals surface area contributed by atoms with E-state index in [1.54, 1.807) is 0 Å². The molecule has 0 radical (unpaired) electrons. The molecule has 0 aliphatic carbocycles. The fourth-order valence-corrected chi connectivity index (χ4v) is 3.83. The van der Waals surface area contributed by atoms with E-state index in [1.165, 1.54) is 35.2 Å². The normalized spacial score (nSPS) is 26.5. The molecule has 1 aromatic rings. The molecule has 20 heavy (non-hydrogen) atoms. The van der Waals surface area contributed by atoms with Gasteiger partial charge in [-0.05, 0) is 30.0 Å².